The highest BCUT2D eigenvalue weighted by atomic mass is 32.2. The molecule has 0 heterocycles. The Kier molecular flexibility index (Phi) is 5.72. The molecule has 1 unspecified atom stereocenters. The summed E-state index contributed by atoms with van der Waals surface area (Å²) in [5.41, 5.74) is -0.787. The number of hydrogen-bond donors (Lipinski definition) is 1. The van der Waals surface area contributed by atoms with Gasteiger partial charge in [-0.25, -0.2) is 9.11 Å². The van der Waals surface area contributed by atoms with Crippen LogP contribution < -0.4 is 9.46 Å². The van der Waals surface area contributed by atoms with E-state index in [1.165, 1.54) is 27.9 Å². The van der Waals surface area contributed by atoms with Crippen LogP contribution >= 0.6 is 0 Å². The van der Waals surface area contributed by atoms with E-state index in [0.717, 1.165) is 4.31 Å². The summed E-state index contributed by atoms with van der Waals surface area (Å²) in [6.07, 6.45) is 0.0523. The molecule has 0 bridgehead atoms. The van der Waals surface area contributed by atoms with Crippen molar-refractivity contribution in [3.63, 3.8) is 0 Å². The number of nitrogens with one attached hydrogen (secondary N) is 1. The Morgan fingerprint density at radius 3 is 2.29 bits per heavy atom. The fourth-order valence-corrected chi connectivity index (χ4v) is 2.87. The molecule has 1 aromatic rings. The number of rotatable bonds is 7. The molecule has 0 aliphatic rings. The molecule has 0 saturated carbocycles. The van der Waals surface area contributed by atoms with Crippen LogP contribution in [0, 0.1) is 0 Å². The molecule has 0 spiro atoms. The van der Waals surface area contributed by atoms with Gasteiger partial charge in [0.1, 0.15) is 11.4 Å². The number of benzene rings is 1. The highest BCUT2D eigenvalue weighted by Gasteiger charge is 2.32. The number of hydrogen-bond acceptors (Lipinski definition) is 3. The van der Waals surface area contributed by atoms with Gasteiger partial charge in [-0.3, -0.25) is 0 Å². The Bertz CT molecular complexity index is 558. The van der Waals surface area contributed by atoms with Crippen molar-refractivity contribution in [3.8, 4) is 5.75 Å². The van der Waals surface area contributed by atoms with Crippen molar-refractivity contribution in [2.75, 3.05) is 21.2 Å². The molecular weight excluding hydrogens is 295 g/mol. The summed E-state index contributed by atoms with van der Waals surface area (Å²) in [6.45, 7) is 2.87. The predicted molar refractivity (Wildman–Crippen MR) is 83.4 cm³/mol. The van der Waals surface area contributed by atoms with Crippen LogP contribution in [0.1, 0.15) is 33.3 Å². The lowest BCUT2D eigenvalue weighted by Crippen LogP contribution is -2.40. The first-order chi connectivity index (χ1) is 9.60. The first-order valence-electron chi connectivity index (χ1n) is 6.60. The van der Waals surface area contributed by atoms with E-state index in [-0.39, 0.29) is 7.85 Å². The molecule has 1 rings (SSSR count). The third kappa shape index (κ3) is 4.94. The minimum Gasteiger partial charge on any atom is -0.497 e. The lowest BCUT2D eigenvalue weighted by molar-refractivity contribution is 0.158. The molecule has 0 radical (unpaired) electrons. The van der Waals surface area contributed by atoms with Crippen molar-refractivity contribution in [1.82, 2.24) is 9.03 Å². The lowest BCUT2D eigenvalue weighted by Gasteiger charge is -2.30. The third-order valence-corrected chi connectivity index (χ3v) is 4.78. The fraction of sp³-hybridized carbons (Fsp3) is 0.571. The van der Waals surface area contributed by atoms with Crippen LogP contribution in [0.4, 0.5) is 4.39 Å². The normalized spacial score (nSPS) is 14.2. The first kappa shape index (κ1) is 17.9. The van der Waals surface area contributed by atoms with E-state index in [1.807, 2.05) is 0 Å². The number of ether oxygens (including phenoxy) is 1. The number of methoxy groups -OCH3 is 1. The second-order valence-corrected chi connectivity index (χ2v) is 7.37. The van der Waals surface area contributed by atoms with Gasteiger partial charge in [0.15, 0.2) is 0 Å². The fourth-order valence-electron chi connectivity index (χ4n) is 2.05. The Morgan fingerprint density at radius 2 is 1.90 bits per heavy atom. The van der Waals surface area contributed by atoms with Gasteiger partial charge in [0.05, 0.1) is 13.2 Å². The molecule has 1 N–H and O–H groups in total. The highest BCUT2D eigenvalue weighted by molar-refractivity contribution is 7.87. The topological polar surface area (TPSA) is 58.6 Å². The molecule has 21 heavy (non-hydrogen) atoms. The summed E-state index contributed by atoms with van der Waals surface area (Å²) in [4.78, 5) is 0. The predicted octanol–water partition coefficient (Wildman–Crippen LogP) is 2.52. The van der Waals surface area contributed by atoms with Gasteiger partial charge in [0, 0.05) is 21.9 Å². The van der Waals surface area contributed by atoms with Crippen molar-refractivity contribution in [2.24, 2.45) is 0 Å². The maximum absolute atomic E-state index is 14.1. The van der Waals surface area contributed by atoms with Crippen molar-refractivity contribution in [3.05, 3.63) is 29.8 Å². The molecule has 7 heteroatoms. The molecule has 5 nitrogen and oxygen atoms in total. The molecule has 1 atom stereocenters. The van der Waals surface area contributed by atoms with Gasteiger partial charge in [0.25, 0.3) is 10.2 Å². The summed E-state index contributed by atoms with van der Waals surface area (Å²) in [7, 11) is 0.670. The van der Waals surface area contributed by atoms with Crippen molar-refractivity contribution in [2.45, 2.75) is 32.0 Å². The number of alkyl halides is 1. The SMILES string of the molecule is CNS(=O)(=O)N(C)C(CC(C)(C)F)c1ccc(OC)cc1.[HH]. The molecule has 0 fully saturated rings. The lowest BCUT2D eigenvalue weighted by atomic mass is 9.95. The van der Waals surface area contributed by atoms with E-state index in [2.05, 4.69) is 4.72 Å². The zero-order valence-electron chi connectivity index (χ0n) is 13.1. The summed E-state index contributed by atoms with van der Waals surface area (Å²) in [6, 6.07) is 6.35. The van der Waals surface area contributed by atoms with Gasteiger partial charge in [-0.15, -0.1) is 0 Å². The molecular formula is C14H25FN2O3S. The smallest absolute Gasteiger partial charge is 0.279 e. The molecule has 0 amide bonds. The Labute approximate surface area is 127 Å². The molecule has 0 aromatic heterocycles. The van der Waals surface area contributed by atoms with Gasteiger partial charge in [-0.2, -0.15) is 12.7 Å². The largest absolute Gasteiger partial charge is 0.497 e. The van der Waals surface area contributed by atoms with Crippen LogP contribution in [-0.2, 0) is 10.2 Å². The van der Waals surface area contributed by atoms with Crippen molar-refractivity contribution < 1.29 is 19.0 Å². The van der Waals surface area contributed by atoms with Gasteiger partial charge >= 0.3 is 0 Å². The van der Waals surface area contributed by atoms with Gasteiger partial charge in [0.2, 0.25) is 0 Å². The molecule has 0 aliphatic heterocycles. The number of nitrogens with zero attached hydrogens (tertiary/aromatic N) is 1. The molecule has 122 valence electrons. The van der Waals surface area contributed by atoms with E-state index >= 15 is 0 Å². The first-order valence-corrected chi connectivity index (χ1v) is 8.04. The standard InChI is InChI=1S/C14H23FN2O3S.H2/c1-14(2,15)10-13(17(4)21(18,19)16-3)11-6-8-12(20-5)9-7-11;/h6-9,13,16H,10H2,1-5H3;1H. The molecule has 1 aromatic carbocycles. The summed E-state index contributed by atoms with van der Waals surface area (Å²) < 4.78 is 46.5. The zero-order valence-corrected chi connectivity index (χ0v) is 13.9. The van der Waals surface area contributed by atoms with Crippen molar-refractivity contribution in [1.29, 1.82) is 0 Å². The second-order valence-electron chi connectivity index (χ2n) is 5.44. The van der Waals surface area contributed by atoms with Gasteiger partial charge < -0.3 is 4.74 Å². The highest BCUT2D eigenvalue weighted by Crippen LogP contribution is 2.32. The van der Waals surface area contributed by atoms with Crippen molar-refractivity contribution >= 4 is 10.2 Å². The average Bonchev–Trinajstić information content (AvgIpc) is 2.43. The third-order valence-electron chi connectivity index (χ3n) is 3.26. The van der Waals surface area contributed by atoms with E-state index in [1.54, 1.807) is 31.4 Å². The summed E-state index contributed by atoms with van der Waals surface area (Å²) >= 11 is 0. The minimum absolute atomic E-state index is 0. The molecule has 0 aliphatic carbocycles. The monoisotopic (exact) mass is 320 g/mol. The van der Waals surface area contributed by atoms with Crippen LogP contribution in [0.3, 0.4) is 0 Å². The van der Waals surface area contributed by atoms with E-state index < -0.39 is 21.9 Å². The van der Waals surface area contributed by atoms with E-state index in [4.69, 9.17) is 4.74 Å². The van der Waals surface area contributed by atoms with Gasteiger partial charge in [-0.1, -0.05) is 12.1 Å². The molecule has 0 saturated heterocycles. The minimum atomic E-state index is -3.65. The van der Waals surface area contributed by atoms with E-state index in [9.17, 15) is 12.8 Å². The van der Waals surface area contributed by atoms with Crippen LogP contribution in [0.25, 0.3) is 0 Å². The van der Waals surface area contributed by atoms with Crippen LogP contribution in [-0.4, -0.2) is 39.6 Å². The zero-order chi connectivity index (χ0) is 16.3. The maximum Gasteiger partial charge on any atom is 0.279 e. The average molecular weight is 320 g/mol. The number of halogens is 1. The van der Waals surface area contributed by atoms with Gasteiger partial charge in [-0.05, 0) is 31.5 Å². The second kappa shape index (κ2) is 6.72. The van der Waals surface area contributed by atoms with Crippen LogP contribution in [0.15, 0.2) is 24.3 Å². The van der Waals surface area contributed by atoms with Crippen LogP contribution in [0.2, 0.25) is 0 Å². The van der Waals surface area contributed by atoms with E-state index in [0.29, 0.717) is 11.3 Å². The quantitative estimate of drug-likeness (QED) is 0.840. The Hall–Kier alpha value is -1.18. The summed E-state index contributed by atoms with van der Waals surface area (Å²) in [5, 5.41) is 0. The Morgan fingerprint density at radius 1 is 1.38 bits per heavy atom. The summed E-state index contributed by atoms with van der Waals surface area (Å²) in [5.74, 6) is 0.663. The maximum atomic E-state index is 14.1. The Balaban J connectivity index is 0.00000441. The van der Waals surface area contributed by atoms with Crippen LogP contribution in [0.5, 0.6) is 5.75 Å².